The van der Waals surface area contributed by atoms with Gasteiger partial charge >= 0.3 is 5.97 Å². The minimum Gasteiger partial charge on any atom is -0.469 e. The largest absolute Gasteiger partial charge is 0.469 e. The van der Waals surface area contributed by atoms with Gasteiger partial charge in [0.25, 0.3) is 5.56 Å². The summed E-state index contributed by atoms with van der Waals surface area (Å²) in [5, 5.41) is 2.13. The van der Waals surface area contributed by atoms with Crippen LogP contribution in [0.25, 0.3) is 27.5 Å². The van der Waals surface area contributed by atoms with Gasteiger partial charge < -0.3 is 13.9 Å². The van der Waals surface area contributed by atoms with Crippen molar-refractivity contribution in [1.82, 2.24) is 9.13 Å². The third kappa shape index (κ3) is 3.75. The summed E-state index contributed by atoms with van der Waals surface area (Å²) in [5.41, 5.74) is 3.19. The number of hydrogen-bond donors (Lipinski definition) is 0. The number of methoxy groups -OCH3 is 1. The summed E-state index contributed by atoms with van der Waals surface area (Å²) >= 11 is 6.16. The first-order valence-electron chi connectivity index (χ1n) is 9.81. The fourth-order valence-corrected chi connectivity index (χ4v) is 4.01. The van der Waals surface area contributed by atoms with Gasteiger partial charge in [0.05, 0.1) is 24.6 Å². The van der Waals surface area contributed by atoms with Crippen LogP contribution in [0.2, 0.25) is 5.02 Å². The maximum absolute atomic E-state index is 13.2. The van der Waals surface area contributed by atoms with Crippen molar-refractivity contribution in [2.24, 2.45) is 7.05 Å². The average Bonchev–Trinajstić information content (AvgIpc) is 3.12. The van der Waals surface area contributed by atoms with E-state index in [1.165, 1.54) is 7.11 Å². The molecule has 0 N–H and O–H groups in total. The summed E-state index contributed by atoms with van der Waals surface area (Å²) in [5.74, 6) is -0.617. The van der Waals surface area contributed by atoms with Crippen LogP contribution < -0.4 is 5.56 Å². The zero-order valence-corrected chi connectivity index (χ0v) is 18.2. The Balaban J connectivity index is 1.93. The molecule has 0 radical (unpaired) electrons. The van der Waals surface area contributed by atoms with Crippen molar-refractivity contribution in [3.05, 3.63) is 75.2 Å². The molecule has 0 aliphatic rings. The number of benzene rings is 2. The van der Waals surface area contributed by atoms with Crippen molar-refractivity contribution in [1.29, 1.82) is 0 Å². The minimum atomic E-state index is -0.437. The van der Waals surface area contributed by atoms with Crippen molar-refractivity contribution >= 4 is 45.2 Å². The van der Waals surface area contributed by atoms with E-state index >= 15 is 0 Å². The third-order valence-corrected chi connectivity index (χ3v) is 5.71. The summed E-state index contributed by atoms with van der Waals surface area (Å²) in [6, 6.07) is 12.9. The first-order valence-corrected chi connectivity index (χ1v) is 10.2. The predicted octanol–water partition coefficient (Wildman–Crippen LogP) is 4.58. The van der Waals surface area contributed by atoms with Crippen molar-refractivity contribution in [2.45, 2.75) is 19.8 Å². The number of rotatable bonds is 5. The molecule has 0 amide bonds. The molecule has 0 bridgehead atoms. The van der Waals surface area contributed by atoms with Gasteiger partial charge in [-0.05, 0) is 43.3 Å². The molecule has 31 heavy (non-hydrogen) atoms. The smallest absolute Gasteiger partial charge is 0.305 e. The number of nitrogens with zero attached hydrogens (tertiary/aromatic N) is 2. The Kier molecular flexibility index (Phi) is 5.41. The third-order valence-electron chi connectivity index (χ3n) is 5.47. The SMILES string of the molecule is COC(=O)CCC(=O)c1cn(-c2cc3cc(Cl)ccc3n(C)c2=O)c2ccc(C)cc12. The standard InChI is InChI=1S/C24H21ClN2O4/c1-14-4-6-20-17(10-14)18(22(28)8-9-23(29)31-3)13-27(20)21-12-15-11-16(25)5-7-19(15)26(2)24(21)30/h4-7,10-13H,8-9H2,1-3H3. The van der Waals surface area contributed by atoms with Crippen LogP contribution in [-0.4, -0.2) is 28.0 Å². The lowest BCUT2D eigenvalue weighted by Crippen LogP contribution is -2.22. The van der Waals surface area contributed by atoms with Crippen LogP contribution >= 0.6 is 11.6 Å². The number of pyridine rings is 1. The van der Waals surface area contributed by atoms with Crippen molar-refractivity contribution in [3.63, 3.8) is 0 Å². The van der Waals surface area contributed by atoms with Crippen molar-refractivity contribution in [3.8, 4) is 5.69 Å². The van der Waals surface area contributed by atoms with Gasteiger partial charge in [0.1, 0.15) is 5.69 Å². The first-order chi connectivity index (χ1) is 14.8. The van der Waals surface area contributed by atoms with Crippen LogP contribution in [0.4, 0.5) is 0 Å². The molecule has 2 heterocycles. The summed E-state index contributed by atoms with van der Waals surface area (Å²) in [7, 11) is 3.00. The molecule has 4 aromatic rings. The van der Waals surface area contributed by atoms with Crippen LogP contribution in [0.3, 0.4) is 0 Å². The molecule has 2 aromatic heterocycles. The number of carbonyl (C=O) groups is 2. The molecule has 2 aromatic carbocycles. The Morgan fingerprint density at radius 2 is 1.77 bits per heavy atom. The second-order valence-corrected chi connectivity index (χ2v) is 7.97. The van der Waals surface area contributed by atoms with E-state index in [1.54, 1.807) is 40.6 Å². The highest BCUT2D eigenvalue weighted by atomic mass is 35.5. The lowest BCUT2D eigenvalue weighted by molar-refractivity contribution is -0.140. The topological polar surface area (TPSA) is 70.3 Å². The zero-order chi connectivity index (χ0) is 22.3. The molecule has 0 spiro atoms. The van der Waals surface area contributed by atoms with E-state index in [2.05, 4.69) is 4.74 Å². The highest BCUT2D eigenvalue weighted by molar-refractivity contribution is 6.31. The number of aromatic nitrogens is 2. The number of ether oxygens (including phenoxy) is 1. The monoisotopic (exact) mass is 436 g/mol. The second kappa shape index (κ2) is 8.04. The molecule has 0 aliphatic carbocycles. The lowest BCUT2D eigenvalue weighted by atomic mass is 10.0. The van der Waals surface area contributed by atoms with E-state index in [4.69, 9.17) is 11.6 Å². The van der Waals surface area contributed by atoms with Gasteiger partial charge in [-0.1, -0.05) is 23.2 Å². The number of hydrogen-bond acceptors (Lipinski definition) is 4. The van der Waals surface area contributed by atoms with E-state index in [0.717, 1.165) is 27.4 Å². The highest BCUT2D eigenvalue weighted by Crippen LogP contribution is 2.28. The Bertz CT molecular complexity index is 1410. The fraction of sp³-hybridized carbons (Fsp3) is 0.208. The number of carbonyl (C=O) groups excluding carboxylic acids is 2. The van der Waals surface area contributed by atoms with Crippen LogP contribution in [0.1, 0.15) is 28.8 Å². The predicted molar refractivity (Wildman–Crippen MR) is 121 cm³/mol. The fourth-order valence-electron chi connectivity index (χ4n) is 3.83. The summed E-state index contributed by atoms with van der Waals surface area (Å²) in [6.07, 6.45) is 1.71. The number of ketones is 1. The van der Waals surface area contributed by atoms with E-state index in [0.29, 0.717) is 16.3 Å². The molecule has 0 saturated carbocycles. The Hall–Kier alpha value is -3.38. The maximum atomic E-state index is 13.2. The van der Waals surface area contributed by atoms with E-state index in [9.17, 15) is 14.4 Å². The quantitative estimate of drug-likeness (QED) is 0.339. The van der Waals surface area contributed by atoms with Crippen LogP contribution in [-0.2, 0) is 16.6 Å². The number of aryl methyl sites for hydroxylation is 2. The molecule has 0 fully saturated rings. The number of Topliss-reactive ketones (excluding diaryl/α,β-unsaturated/α-hetero) is 1. The van der Waals surface area contributed by atoms with Gasteiger partial charge in [0.15, 0.2) is 5.78 Å². The molecule has 0 saturated heterocycles. The van der Waals surface area contributed by atoms with E-state index in [-0.39, 0.29) is 24.2 Å². The molecule has 7 heteroatoms. The number of fused-ring (bicyclic) bond motifs is 2. The van der Waals surface area contributed by atoms with Crippen LogP contribution in [0.5, 0.6) is 0 Å². The maximum Gasteiger partial charge on any atom is 0.305 e. The zero-order valence-electron chi connectivity index (χ0n) is 17.4. The normalized spacial score (nSPS) is 11.2. The highest BCUT2D eigenvalue weighted by Gasteiger charge is 2.19. The molecule has 158 valence electrons. The van der Waals surface area contributed by atoms with Gasteiger partial charge in [-0.25, -0.2) is 0 Å². The summed E-state index contributed by atoms with van der Waals surface area (Å²) < 4.78 is 7.95. The van der Waals surface area contributed by atoms with Gasteiger partial charge in [0, 0.05) is 41.0 Å². The average molecular weight is 437 g/mol. The van der Waals surface area contributed by atoms with Gasteiger partial charge in [-0.15, -0.1) is 0 Å². The molecule has 4 rings (SSSR count). The molecular formula is C24H21ClN2O4. The molecule has 0 atom stereocenters. The molecule has 0 aliphatic heterocycles. The summed E-state index contributed by atoms with van der Waals surface area (Å²) in [6.45, 7) is 1.94. The second-order valence-electron chi connectivity index (χ2n) is 7.53. The van der Waals surface area contributed by atoms with Gasteiger partial charge in [-0.2, -0.15) is 0 Å². The summed E-state index contributed by atoms with van der Waals surface area (Å²) in [4.78, 5) is 37.6. The van der Waals surface area contributed by atoms with E-state index < -0.39 is 5.97 Å². The van der Waals surface area contributed by atoms with Gasteiger partial charge in [0.2, 0.25) is 0 Å². The van der Waals surface area contributed by atoms with Crippen LogP contribution in [0, 0.1) is 6.92 Å². The minimum absolute atomic E-state index is 0.00403. The molecule has 6 nitrogen and oxygen atoms in total. The Morgan fingerprint density at radius 1 is 1.03 bits per heavy atom. The Labute approximate surface area is 183 Å². The van der Waals surface area contributed by atoms with Crippen LogP contribution in [0.15, 0.2) is 53.5 Å². The van der Waals surface area contributed by atoms with E-state index in [1.807, 2.05) is 31.2 Å². The van der Waals surface area contributed by atoms with Crippen molar-refractivity contribution < 1.29 is 14.3 Å². The molecular weight excluding hydrogens is 416 g/mol. The number of halogens is 1. The molecule has 0 unspecified atom stereocenters. The van der Waals surface area contributed by atoms with Crippen molar-refractivity contribution in [2.75, 3.05) is 7.11 Å². The Morgan fingerprint density at radius 3 is 2.52 bits per heavy atom. The number of esters is 1. The lowest BCUT2D eigenvalue weighted by Gasteiger charge is -2.11. The first kappa shape index (κ1) is 20.9. The van der Waals surface area contributed by atoms with Gasteiger partial charge in [-0.3, -0.25) is 14.4 Å².